The van der Waals surface area contributed by atoms with Crippen LogP contribution in [0, 0.1) is 0 Å². The van der Waals surface area contributed by atoms with E-state index in [-0.39, 0.29) is 24.9 Å². The lowest BCUT2D eigenvalue weighted by Gasteiger charge is -2.13. The number of hydrogen-bond acceptors (Lipinski definition) is 15. The molecule has 0 amide bonds. The molecule has 13 N–H and O–H groups in total. The second kappa shape index (κ2) is 10.9. The molecule has 6 rings (SSSR count). The summed E-state index contributed by atoms with van der Waals surface area (Å²) in [7, 11) is 0. The zero-order valence-electron chi connectivity index (χ0n) is 19.5. The van der Waals surface area contributed by atoms with Crippen molar-refractivity contribution in [1.29, 1.82) is 0 Å². The van der Waals surface area contributed by atoms with Crippen LogP contribution in [0.4, 0.5) is 23.5 Å². The van der Waals surface area contributed by atoms with Crippen molar-refractivity contribution in [2.75, 3.05) is 29.5 Å². The molecule has 0 unspecified atom stereocenters. The molecule has 1 aliphatic rings. The summed E-state index contributed by atoms with van der Waals surface area (Å²) in [6.07, 6.45) is 2.34. The molecule has 0 radical (unpaired) electrons. The first-order valence-corrected chi connectivity index (χ1v) is 10.9. The monoisotopic (exact) mass is 528 g/mol. The van der Waals surface area contributed by atoms with Crippen LogP contribution in [0.1, 0.15) is 12.6 Å². The molecule has 0 saturated carbocycles. The number of rotatable bonds is 2. The average Bonchev–Trinajstić information content (AvgIpc) is 3.59. The first-order chi connectivity index (χ1) is 18.2. The number of fused-ring (bicyclic) bond motifs is 2. The normalized spacial score (nSPS) is 18.5. The summed E-state index contributed by atoms with van der Waals surface area (Å²) in [5.74, 6) is 0.930. The lowest BCUT2D eigenvalue weighted by Crippen LogP contribution is -2.31. The number of anilines is 4. The van der Waals surface area contributed by atoms with E-state index in [4.69, 9.17) is 32.8 Å². The van der Waals surface area contributed by atoms with Gasteiger partial charge in [-0.2, -0.15) is 19.9 Å². The van der Waals surface area contributed by atoms with Crippen molar-refractivity contribution in [1.82, 2.24) is 49.4 Å². The van der Waals surface area contributed by atoms with Gasteiger partial charge in [-0.15, -0.1) is 0 Å². The van der Waals surface area contributed by atoms with E-state index in [0.717, 1.165) is 0 Å². The quantitative estimate of drug-likeness (QED) is 0.112. The Balaban J connectivity index is 0.000000136. The van der Waals surface area contributed by atoms with Gasteiger partial charge in [0.05, 0.1) is 25.4 Å². The SMILES string of the molecule is Nc1nc(N)c2[nH]cnc2n1.Nc1nc(N)c2[nH]cnc2n1.O=c1ccn([C@H]2C[C@H](O)[C@@H](CO)O2)c(=O)[nH]1. The minimum Gasteiger partial charge on any atom is -0.394 e. The first kappa shape index (κ1) is 25.9. The number of nitrogens with zero attached hydrogens (tertiary/aromatic N) is 7. The van der Waals surface area contributed by atoms with Crippen LogP contribution < -0.4 is 34.2 Å². The number of ether oxygens (including phenoxy) is 1. The van der Waals surface area contributed by atoms with Crippen LogP contribution in [0.3, 0.4) is 0 Å². The van der Waals surface area contributed by atoms with Crippen molar-refractivity contribution in [2.45, 2.75) is 24.9 Å². The Morgan fingerprint density at radius 1 is 0.947 bits per heavy atom. The minimum atomic E-state index is -0.811. The predicted octanol–water partition coefficient (Wildman–Crippen LogP) is -2.79. The summed E-state index contributed by atoms with van der Waals surface area (Å²) >= 11 is 0. The van der Waals surface area contributed by atoms with Crippen LogP contribution in [0.5, 0.6) is 0 Å². The molecule has 200 valence electrons. The van der Waals surface area contributed by atoms with Crippen molar-refractivity contribution < 1.29 is 14.9 Å². The van der Waals surface area contributed by atoms with Crippen LogP contribution in [0.15, 0.2) is 34.5 Å². The highest BCUT2D eigenvalue weighted by Gasteiger charge is 2.34. The van der Waals surface area contributed by atoms with Gasteiger partial charge >= 0.3 is 5.69 Å². The van der Waals surface area contributed by atoms with Crippen molar-refractivity contribution in [3.8, 4) is 0 Å². The van der Waals surface area contributed by atoms with E-state index in [0.29, 0.717) is 34.0 Å². The summed E-state index contributed by atoms with van der Waals surface area (Å²) in [6.45, 7) is -0.310. The molecule has 6 heterocycles. The summed E-state index contributed by atoms with van der Waals surface area (Å²) in [6, 6.07) is 1.20. The largest absolute Gasteiger partial charge is 0.394 e. The molecule has 5 aromatic rings. The highest BCUT2D eigenvalue weighted by Crippen LogP contribution is 2.26. The zero-order valence-corrected chi connectivity index (χ0v) is 19.5. The number of aliphatic hydroxyl groups is 2. The van der Waals surface area contributed by atoms with Crippen LogP contribution in [-0.4, -0.2) is 78.5 Å². The average molecular weight is 528 g/mol. The van der Waals surface area contributed by atoms with Gasteiger partial charge in [-0.25, -0.2) is 14.8 Å². The summed E-state index contributed by atoms with van der Waals surface area (Å²) in [4.78, 5) is 52.9. The number of nitrogens with two attached hydrogens (primary N) is 4. The van der Waals surface area contributed by atoms with E-state index < -0.39 is 29.7 Å². The van der Waals surface area contributed by atoms with E-state index in [1.807, 2.05) is 0 Å². The molecule has 1 fully saturated rings. The maximum atomic E-state index is 11.4. The number of nitrogen functional groups attached to an aromatic ring is 4. The molecule has 0 bridgehead atoms. The Morgan fingerprint density at radius 2 is 1.50 bits per heavy atom. The van der Waals surface area contributed by atoms with E-state index in [1.54, 1.807) is 0 Å². The molecule has 0 aliphatic carbocycles. The molecule has 3 atom stereocenters. The molecular weight excluding hydrogens is 504 g/mol. The van der Waals surface area contributed by atoms with Gasteiger partial charge in [0.15, 0.2) is 22.9 Å². The highest BCUT2D eigenvalue weighted by molar-refractivity contribution is 5.82. The topological polar surface area (TPSA) is 318 Å². The fourth-order valence-corrected chi connectivity index (χ4v) is 3.45. The second-order valence-electron chi connectivity index (χ2n) is 7.77. The number of aliphatic hydroxyl groups excluding tert-OH is 2. The Kier molecular flexibility index (Phi) is 7.41. The Labute approximate surface area is 211 Å². The third-order valence-electron chi connectivity index (χ3n) is 5.21. The number of H-pyrrole nitrogens is 3. The first-order valence-electron chi connectivity index (χ1n) is 10.9. The van der Waals surface area contributed by atoms with Crippen molar-refractivity contribution >= 4 is 45.9 Å². The van der Waals surface area contributed by atoms with Gasteiger partial charge in [0.25, 0.3) is 5.56 Å². The Morgan fingerprint density at radius 3 is 1.97 bits per heavy atom. The molecule has 19 heteroatoms. The molecule has 1 saturated heterocycles. The molecular formula is C19H24N14O5. The van der Waals surface area contributed by atoms with E-state index in [2.05, 4.69) is 44.9 Å². The van der Waals surface area contributed by atoms with Gasteiger partial charge in [-0.1, -0.05) is 0 Å². The number of nitrogens with one attached hydrogen (secondary N) is 3. The van der Waals surface area contributed by atoms with Gasteiger partial charge < -0.3 is 47.9 Å². The lowest BCUT2D eigenvalue weighted by atomic mass is 10.2. The number of hydrogen-bond donors (Lipinski definition) is 9. The van der Waals surface area contributed by atoms with Crippen LogP contribution in [0.2, 0.25) is 0 Å². The van der Waals surface area contributed by atoms with E-state index >= 15 is 0 Å². The van der Waals surface area contributed by atoms with Crippen LogP contribution in [-0.2, 0) is 4.74 Å². The summed E-state index contributed by atoms with van der Waals surface area (Å²) in [5.41, 5.74) is 22.8. The van der Waals surface area contributed by atoms with Gasteiger partial charge in [-0.3, -0.25) is 14.3 Å². The highest BCUT2D eigenvalue weighted by atomic mass is 16.5. The fourth-order valence-electron chi connectivity index (χ4n) is 3.45. The van der Waals surface area contributed by atoms with Crippen LogP contribution >= 0.6 is 0 Å². The number of aromatic nitrogens is 10. The molecule has 1 aliphatic heterocycles. The van der Waals surface area contributed by atoms with Gasteiger partial charge in [0.2, 0.25) is 11.9 Å². The van der Waals surface area contributed by atoms with Gasteiger partial charge in [0, 0.05) is 18.7 Å². The third-order valence-corrected chi connectivity index (χ3v) is 5.21. The van der Waals surface area contributed by atoms with Crippen molar-refractivity contribution in [2.24, 2.45) is 0 Å². The molecule has 5 aromatic heterocycles. The number of aromatic amines is 3. The van der Waals surface area contributed by atoms with Crippen LogP contribution in [0.25, 0.3) is 22.3 Å². The summed E-state index contributed by atoms with van der Waals surface area (Å²) in [5, 5.41) is 18.4. The summed E-state index contributed by atoms with van der Waals surface area (Å²) < 4.78 is 6.45. The number of imidazole rings is 2. The molecule has 0 spiro atoms. The lowest BCUT2D eigenvalue weighted by molar-refractivity contribution is -0.0459. The Hall–Kier alpha value is -5.14. The minimum absolute atomic E-state index is 0.141. The van der Waals surface area contributed by atoms with Crippen molar-refractivity contribution in [3.05, 3.63) is 45.8 Å². The fraction of sp³-hybridized carbons (Fsp3) is 0.263. The predicted molar refractivity (Wildman–Crippen MR) is 134 cm³/mol. The van der Waals surface area contributed by atoms with E-state index in [9.17, 15) is 14.7 Å². The van der Waals surface area contributed by atoms with Crippen molar-refractivity contribution in [3.63, 3.8) is 0 Å². The Bertz CT molecular complexity index is 1580. The smallest absolute Gasteiger partial charge is 0.330 e. The second-order valence-corrected chi connectivity index (χ2v) is 7.77. The maximum Gasteiger partial charge on any atom is 0.330 e. The molecule has 0 aromatic carbocycles. The van der Waals surface area contributed by atoms with Gasteiger partial charge in [-0.05, 0) is 0 Å². The third kappa shape index (κ3) is 5.64. The maximum absolute atomic E-state index is 11.4. The zero-order chi connectivity index (χ0) is 27.4. The molecule has 38 heavy (non-hydrogen) atoms. The van der Waals surface area contributed by atoms with Gasteiger partial charge in [0.1, 0.15) is 23.4 Å². The standard InChI is InChI=1S/C9H12N2O5.2C5H6N6/c12-4-6-5(13)3-8(16-6)11-2-1-7(14)10-9(11)15;2*6-3-2-4(9-1-8-2)11-5(7)10-3/h1-2,5-6,8,12-13H,3-4H2,(H,10,14,15);2*1H,(H5,6,7,8,9,10,11)/t5-,6+,8+;;/m0../s1. The van der Waals surface area contributed by atoms with E-state index in [1.165, 1.54) is 29.5 Å². The molecule has 19 nitrogen and oxygen atoms in total.